The largest absolute Gasteiger partial charge is 0.383 e. The third-order valence-electron chi connectivity index (χ3n) is 2.76. The van der Waals surface area contributed by atoms with E-state index in [-0.39, 0.29) is 0 Å². The fourth-order valence-corrected chi connectivity index (χ4v) is 1.77. The van der Waals surface area contributed by atoms with Gasteiger partial charge in [-0.25, -0.2) is 0 Å². The van der Waals surface area contributed by atoms with Gasteiger partial charge in [0, 0.05) is 18.3 Å². The van der Waals surface area contributed by atoms with Crippen LogP contribution in [0.1, 0.15) is 19.4 Å². The lowest BCUT2D eigenvalue weighted by molar-refractivity contribution is -0.0342. The summed E-state index contributed by atoms with van der Waals surface area (Å²) in [6.45, 7) is 4.63. The number of aromatic nitrogens is 1. The van der Waals surface area contributed by atoms with Crippen molar-refractivity contribution in [2.45, 2.75) is 19.4 Å². The second-order valence-corrected chi connectivity index (χ2v) is 4.19. The Balaban J connectivity index is 2.30. The highest BCUT2D eigenvalue weighted by molar-refractivity contribution is 5.80. The van der Waals surface area contributed by atoms with E-state index in [0.29, 0.717) is 13.2 Å². The van der Waals surface area contributed by atoms with Crippen molar-refractivity contribution in [3.63, 3.8) is 0 Å². The minimum absolute atomic E-state index is 0.319. The van der Waals surface area contributed by atoms with Crippen LogP contribution in [0.4, 0.5) is 0 Å². The standard InChI is InChI=1S/C13H17NO2/c1-3-16-9-13(2,15)11-4-5-12-10(8-11)6-7-14-12/h4-8,14-15H,3,9H2,1-2H3. The molecule has 2 N–H and O–H groups in total. The average Bonchev–Trinajstić information content (AvgIpc) is 2.73. The van der Waals surface area contributed by atoms with E-state index in [1.54, 1.807) is 6.92 Å². The first-order valence-corrected chi connectivity index (χ1v) is 5.51. The van der Waals surface area contributed by atoms with Gasteiger partial charge in [0.05, 0.1) is 6.61 Å². The van der Waals surface area contributed by atoms with Crippen LogP contribution in [0.2, 0.25) is 0 Å². The first-order chi connectivity index (χ1) is 7.63. The molecule has 0 spiro atoms. The van der Waals surface area contributed by atoms with E-state index < -0.39 is 5.60 Å². The fraction of sp³-hybridized carbons (Fsp3) is 0.385. The summed E-state index contributed by atoms with van der Waals surface area (Å²) >= 11 is 0. The van der Waals surface area contributed by atoms with E-state index in [9.17, 15) is 5.11 Å². The molecular weight excluding hydrogens is 202 g/mol. The summed E-state index contributed by atoms with van der Waals surface area (Å²) in [5, 5.41) is 11.4. The molecule has 0 amide bonds. The zero-order valence-electron chi connectivity index (χ0n) is 9.66. The van der Waals surface area contributed by atoms with Gasteiger partial charge in [0.1, 0.15) is 5.60 Å². The summed E-state index contributed by atoms with van der Waals surface area (Å²) < 4.78 is 5.29. The molecule has 0 fully saturated rings. The van der Waals surface area contributed by atoms with Crippen LogP contribution in [-0.2, 0) is 10.3 Å². The zero-order valence-corrected chi connectivity index (χ0v) is 9.66. The Bertz CT molecular complexity index is 473. The second kappa shape index (κ2) is 4.28. The van der Waals surface area contributed by atoms with E-state index in [0.717, 1.165) is 16.5 Å². The molecule has 0 radical (unpaired) electrons. The Morgan fingerprint density at radius 2 is 2.19 bits per heavy atom. The quantitative estimate of drug-likeness (QED) is 0.829. The number of fused-ring (bicyclic) bond motifs is 1. The first-order valence-electron chi connectivity index (χ1n) is 5.51. The Kier molecular flexibility index (Phi) is 2.99. The highest BCUT2D eigenvalue weighted by Crippen LogP contribution is 2.24. The van der Waals surface area contributed by atoms with Crippen molar-refractivity contribution in [1.29, 1.82) is 0 Å². The lowest BCUT2D eigenvalue weighted by Gasteiger charge is -2.23. The van der Waals surface area contributed by atoms with Gasteiger partial charge < -0.3 is 14.8 Å². The summed E-state index contributed by atoms with van der Waals surface area (Å²) in [5.41, 5.74) is 1.03. The Labute approximate surface area is 95.1 Å². The van der Waals surface area contributed by atoms with Gasteiger partial charge in [-0.15, -0.1) is 0 Å². The second-order valence-electron chi connectivity index (χ2n) is 4.19. The Morgan fingerprint density at radius 3 is 2.94 bits per heavy atom. The zero-order chi connectivity index (χ0) is 11.6. The fourth-order valence-electron chi connectivity index (χ4n) is 1.77. The van der Waals surface area contributed by atoms with Gasteiger partial charge in [0.25, 0.3) is 0 Å². The molecule has 1 aromatic carbocycles. The number of hydrogen-bond acceptors (Lipinski definition) is 2. The molecule has 3 heteroatoms. The molecule has 0 bridgehead atoms. The molecule has 0 aliphatic carbocycles. The Morgan fingerprint density at radius 1 is 1.38 bits per heavy atom. The SMILES string of the molecule is CCOCC(C)(O)c1ccc2[nH]ccc2c1. The van der Waals surface area contributed by atoms with Gasteiger partial charge in [-0.1, -0.05) is 6.07 Å². The number of benzene rings is 1. The van der Waals surface area contributed by atoms with E-state index >= 15 is 0 Å². The Hall–Kier alpha value is -1.32. The predicted molar refractivity (Wildman–Crippen MR) is 64.4 cm³/mol. The lowest BCUT2D eigenvalue weighted by atomic mass is 9.96. The van der Waals surface area contributed by atoms with Crippen molar-refractivity contribution >= 4 is 10.9 Å². The molecule has 2 rings (SSSR count). The monoisotopic (exact) mass is 219 g/mol. The number of ether oxygens (including phenoxy) is 1. The van der Waals surface area contributed by atoms with Crippen LogP contribution < -0.4 is 0 Å². The number of H-pyrrole nitrogens is 1. The maximum absolute atomic E-state index is 10.3. The highest BCUT2D eigenvalue weighted by atomic mass is 16.5. The topological polar surface area (TPSA) is 45.2 Å². The van der Waals surface area contributed by atoms with Crippen molar-refractivity contribution in [3.8, 4) is 0 Å². The van der Waals surface area contributed by atoms with Gasteiger partial charge in [-0.05, 0) is 43.0 Å². The molecular formula is C13H17NO2. The summed E-state index contributed by atoms with van der Waals surface area (Å²) in [5.74, 6) is 0. The van der Waals surface area contributed by atoms with E-state index in [4.69, 9.17) is 4.74 Å². The van der Waals surface area contributed by atoms with E-state index in [1.165, 1.54) is 0 Å². The minimum Gasteiger partial charge on any atom is -0.383 e. The van der Waals surface area contributed by atoms with Crippen molar-refractivity contribution < 1.29 is 9.84 Å². The number of hydrogen-bond donors (Lipinski definition) is 2. The third-order valence-corrected chi connectivity index (χ3v) is 2.76. The average molecular weight is 219 g/mol. The number of aliphatic hydroxyl groups is 1. The van der Waals surface area contributed by atoms with Crippen LogP contribution in [0.15, 0.2) is 30.5 Å². The van der Waals surface area contributed by atoms with Crippen molar-refractivity contribution in [3.05, 3.63) is 36.0 Å². The molecule has 1 heterocycles. The van der Waals surface area contributed by atoms with Crippen LogP contribution in [-0.4, -0.2) is 23.3 Å². The van der Waals surface area contributed by atoms with Crippen LogP contribution in [0.25, 0.3) is 10.9 Å². The molecule has 86 valence electrons. The molecule has 1 unspecified atom stereocenters. The van der Waals surface area contributed by atoms with Crippen LogP contribution >= 0.6 is 0 Å². The molecule has 2 aromatic rings. The number of aromatic amines is 1. The molecule has 3 nitrogen and oxygen atoms in total. The van der Waals surface area contributed by atoms with E-state index in [1.807, 2.05) is 37.4 Å². The molecule has 1 atom stereocenters. The van der Waals surface area contributed by atoms with E-state index in [2.05, 4.69) is 4.98 Å². The van der Waals surface area contributed by atoms with Gasteiger partial charge >= 0.3 is 0 Å². The molecule has 0 aliphatic rings. The maximum Gasteiger partial charge on any atom is 0.110 e. The van der Waals surface area contributed by atoms with Gasteiger partial charge in [0.2, 0.25) is 0 Å². The third kappa shape index (κ3) is 2.10. The summed E-state index contributed by atoms with van der Waals surface area (Å²) in [4.78, 5) is 3.13. The summed E-state index contributed by atoms with van der Waals surface area (Å²) in [6.07, 6.45) is 1.89. The highest BCUT2D eigenvalue weighted by Gasteiger charge is 2.23. The normalized spacial score (nSPS) is 15.2. The van der Waals surface area contributed by atoms with Crippen LogP contribution in [0.3, 0.4) is 0 Å². The molecule has 0 aliphatic heterocycles. The number of nitrogens with one attached hydrogen (secondary N) is 1. The summed E-state index contributed by atoms with van der Waals surface area (Å²) in [6, 6.07) is 7.89. The summed E-state index contributed by atoms with van der Waals surface area (Å²) in [7, 11) is 0. The molecule has 0 saturated carbocycles. The predicted octanol–water partition coefficient (Wildman–Crippen LogP) is 2.41. The van der Waals surface area contributed by atoms with Crippen molar-refractivity contribution in [1.82, 2.24) is 4.98 Å². The van der Waals surface area contributed by atoms with Crippen molar-refractivity contribution in [2.75, 3.05) is 13.2 Å². The molecule has 16 heavy (non-hydrogen) atoms. The van der Waals surface area contributed by atoms with Gasteiger partial charge in [-0.3, -0.25) is 0 Å². The molecule has 0 saturated heterocycles. The minimum atomic E-state index is -0.929. The maximum atomic E-state index is 10.3. The number of rotatable bonds is 4. The lowest BCUT2D eigenvalue weighted by Crippen LogP contribution is -2.27. The molecule has 1 aromatic heterocycles. The van der Waals surface area contributed by atoms with Crippen molar-refractivity contribution in [2.24, 2.45) is 0 Å². The van der Waals surface area contributed by atoms with Crippen LogP contribution in [0.5, 0.6) is 0 Å². The van der Waals surface area contributed by atoms with Gasteiger partial charge in [-0.2, -0.15) is 0 Å². The van der Waals surface area contributed by atoms with Gasteiger partial charge in [0.15, 0.2) is 0 Å². The van der Waals surface area contributed by atoms with Crippen LogP contribution in [0, 0.1) is 0 Å². The first kappa shape index (κ1) is 11.2. The smallest absolute Gasteiger partial charge is 0.110 e.